The van der Waals surface area contributed by atoms with Crippen LogP contribution in [0.5, 0.6) is 0 Å². The fourth-order valence-electron chi connectivity index (χ4n) is 11.0. The Morgan fingerprint density at radius 2 is 0.775 bits per heavy atom. The lowest BCUT2D eigenvalue weighted by Crippen LogP contribution is -2.44. The Balaban J connectivity index is 1.17. The van der Waals surface area contributed by atoms with Gasteiger partial charge in [-0.2, -0.15) is 0 Å². The highest BCUT2D eigenvalue weighted by molar-refractivity contribution is 6.85. The molecule has 0 amide bonds. The van der Waals surface area contributed by atoms with Crippen LogP contribution >= 0.6 is 0 Å². The number of hydrogen-bond acceptors (Lipinski definition) is 12. The summed E-state index contributed by atoms with van der Waals surface area (Å²) in [6.45, 7) is 30.1. The van der Waals surface area contributed by atoms with Gasteiger partial charge in [0.05, 0.1) is 37.3 Å². The average Bonchev–Trinajstić information content (AvgIpc) is 3.30. The zero-order valence-electron chi connectivity index (χ0n) is 46.4. The third kappa shape index (κ3) is 28.0. The number of carbonyl (C=O) groups excluding carboxylic acids is 4. The Labute approximate surface area is 436 Å². The van der Waals surface area contributed by atoms with Crippen LogP contribution in [0.25, 0.3) is 0 Å². The smallest absolute Gasteiger partial charge is 0.330 e. The van der Waals surface area contributed by atoms with Crippen LogP contribution in [-0.4, -0.2) is 108 Å². The highest BCUT2D eigenvalue weighted by Gasteiger charge is 2.38. The maximum absolute atomic E-state index is 13.3. The molecule has 0 aliphatic heterocycles. The molecule has 3 fully saturated rings. The molecule has 3 rings (SSSR count). The Hall–Kier alpha value is -1.93. The Bertz CT molecular complexity index is 1570. The molecule has 71 heavy (non-hydrogen) atoms. The van der Waals surface area contributed by atoms with Gasteiger partial charge in [-0.3, -0.25) is 9.59 Å². The first kappa shape index (κ1) is 63.4. The largest absolute Gasteiger partial charge is 0.463 e. The molecule has 3 unspecified atom stereocenters. The predicted octanol–water partition coefficient (Wildman–Crippen LogP) is 13.8. The van der Waals surface area contributed by atoms with Crippen molar-refractivity contribution in [2.24, 2.45) is 17.8 Å². The van der Waals surface area contributed by atoms with E-state index in [1.807, 2.05) is 0 Å². The van der Waals surface area contributed by atoms with Crippen LogP contribution < -0.4 is 0 Å². The fraction of sp³-hybridized carbons (Fsp3) is 0.855. The van der Waals surface area contributed by atoms with E-state index in [4.69, 9.17) is 36.7 Å². The van der Waals surface area contributed by atoms with Gasteiger partial charge in [-0.05, 0) is 179 Å². The van der Waals surface area contributed by atoms with Crippen LogP contribution in [0.15, 0.2) is 25.3 Å². The summed E-state index contributed by atoms with van der Waals surface area (Å²) in [5, 5.41) is 0. The molecule has 0 radical (unpaired) electrons. The molecule has 0 spiro atoms. The molecule has 0 aromatic rings. The summed E-state index contributed by atoms with van der Waals surface area (Å²) in [6, 6.07) is 4.52. The van der Waals surface area contributed by atoms with Crippen LogP contribution in [0.2, 0.25) is 76.6 Å². The minimum atomic E-state index is -1.75. The number of hydrogen-bond donors (Lipinski definition) is 0. The van der Waals surface area contributed by atoms with Gasteiger partial charge in [0.15, 0.2) is 33.3 Å². The van der Waals surface area contributed by atoms with Crippen molar-refractivity contribution in [2.75, 3.05) is 26.4 Å². The van der Waals surface area contributed by atoms with E-state index >= 15 is 0 Å². The maximum Gasteiger partial charge on any atom is 0.330 e. The van der Waals surface area contributed by atoms with E-state index in [2.05, 4.69) is 72.5 Å². The molecule has 0 bridgehead atoms. The zero-order chi connectivity index (χ0) is 52.3. The predicted molar refractivity (Wildman–Crippen MR) is 295 cm³/mol. The van der Waals surface area contributed by atoms with Crippen LogP contribution in [0.4, 0.5) is 0 Å². The minimum absolute atomic E-state index is 0.0547. The Kier molecular flexibility index (Phi) is 29.6. The molecule has 3 aliphatic rings. The van der Waals surface area contributed by atoms with Crippen LogP contribution in [0, 0.1) is 17.8 Å². The van der Waals surface area contributed by atoms with Gasteiger partial charge in [-0.1, -0.05) is 71.4 Å². The highest BCUT2D eigenvalue weighted by atomic mass is 28.4. The normalized spacial score (nSPS) is 23.4. The summed E-state index contributed by atoms with van der Waals surface area (Å²) in [5.74, 6) is -0.788. The van der Waals surface area contributed by atoms with Crippen molar-refractivity contribution in [2.45, 2.75) is 256 Å². The maximum atomic E-state index is 13.3. The van der Waals surface area contributed by atoms with E-state index < -0.39 is 33.3 Å². The first-order valence-corrected chi connectivity index (χ1v) is 40.7. The van der Waals surface area contributed by atoms with E-state index in [1.165, 1.54) is 49.9 Å². The van der Waals surface area contributed by atoms with Crippen LogP contribution in [0.3, 0.4) is 0 Å². The molecule has 0 saturated heterocycles. The summed E-state index contributed by atoms with van der Waals surface area (Å²) < 4.78 is 48.6. The summed E-state index contributed by atoms with van der Waals surface area (Å²) in [7, 11) is -6.96. The lowest BCUT2D eigenvalue weighted by molar-refractivity contribution is -0.169. The number of esters is 4. The minimum Gasteiger partial charge on any atom is -0.463 e. The summed E-state index contributed by atoms with van der Waals surface area (Å²) in [6.07, 6.45) is 24.8. The van der Waals surface area contributed by atoms with E-state index in [0.29, 0.717) is 13.2 Å². The second kappa shape index (κ2) is 33.2. The molecule has 410 valence electrons. The van der Waals surface area contributed by atoms with Gasteiger partial charge in [0.2, 0.25) is 0 Å². The van der Waals surface area contributed by atoms with Crippen molar-refractivity contribution in [3.8, 4) is 0 Å². The van der Waals surface area contributed by atoms with E-state index in [-0.39, 0.29) is 66.0 Å². The molecular weight excluding hydrogens is 965 g/mol. The molecule has 0 aromatic heterocycles. The van der Waals surface area contributed by atoms with Crippen LogP contribution in [0.1, 0.15) is 155 Å². The Morgan fingerprint density at radius 3 is 1.15 bits per heavy atom. The molecule has 3 atom stereocenters. The van der Waals surface area contributed by atoms with Gasteiger partial charge in [0.1, 0.15) is 12.2 Å². The van der Waals surface area contributed by atoms with Crippen molar-refractivity contribution in [3.05, 3.63) is 25.3 Å². The molecule has 0 heterocycles. The highest BCUT2D eigenvalue weighted by Crippen LogP contribution is 2.35. The van der Waals surface area contributed by atoms with Gasteiger partial charge < -0.3 is 36.7 Å². The molecule has 3 saturated carbocycles. The molecule has 0 aromatic carbocycles. The van der Waals surface area contributed by atoms with Crippen molar-refractivity contribution < 1.29 is 55.8 Å². The van der Waals surface area contributed by atoms with Gasteiger partial charge in [-0.25, -0.2) is 9.59 Å². The quantitative estimate of drug-likeness (QED) is 0.0194. The summed E-state index contributed by atoms with van der Waals surface area (Å²) in [4.78, 5) is 49.0. The lowest BCUT2D eigenvalue weighted by atomic mass is 9.84. The molecule has 0 N–H and O–H groups in total. The number of ether oxygens (including phenoxy) is 6. The van der Waals surface area contributed by atoms with Crippen molar-refractivity contribution in [1.29, 1.82) is 0 Å². The second-order valence-corrected chi connectivity index (χ2v) is 41.5. The van der Waals surface area contributed by atoms with E-state index in [0.717, 1.165) is 147 Å². The van der Waals surface area contributed by atoms with Crippen molar-refractivity contribution in [1.82, 2.24) is 0 Å². The van der Waals surface area contributed by atoms with Gasteiger partial charge in [-0.15, -0.1) is 0 Å². The summed E-state index contributed by atoms with van der Waals surface area (Å²) in [5.41, 5.74) is 0. The molecule has 3 aliphatic carbocycles. The lowest BCUT2D eigenvalue weighted by Gasteiger charge is -2.36. The third-order valence-corrected chi connectivity index (χ3v) is 30.0. The van der Waals surface area contributed by atoms with Gasteiger partial charge >= 0.3 is 23.9 Å². The van der Waals surface area contributed by atoms with Crippen LogP contribution in [-0.2, 0) is 55.8 Å². The van der Waals surface area contributed by atoms with Crippen molar-refractivity contribution in [3.63, 3.8) is 0 Å². The third-order valence-electron chi connectivity index (χ3n) is 14.9. The van der Waals surface area contributed by atoms with E-state index in [9.17, 15) is 19.2 Å². The molecular formula is C55H102O12Si4. The SMILES string of the molecule is C=CC(=O)OCCCC[Si](C)(C)O[Si](C)(C)CCCCCCOC1CCC(C(=O)OC2CCC(OC(=O)C3CCC(OCCCCCC[Si](C)(C)O[Si](C)(C)CCCCOC(=O)C=C)CC3)C(C)C2)CC1. The standard InChI is InChI=1S/C55H102O12Si4/c1-12-52(56)62-38-20-24-42-70(8,9)66-68(4,5)40-22-16-14-18-36-60-48-30-26-46(27-31-48)54(58)64-50-34-35-51(45(3)44-50)65-55(59)47-28-32-49(33-29-47)61-37-19-15-17-23-41-69(6,7)67-71(10,11)43-25-21-39-63-53(57)13-2/h12-13,45-51H,1-2,14-44H2,3-11H3. The fourth-order valence-corrected chi connectivity index (χ4v) is 29.0. The number of rotatable bonds is 36. The average molecular weight is 1070 g/mol. The number of unbranched alkanes of at least 4 members (excludes halogenated alkanes) is 8. The molecule has 16 heteroatoms. The first-order chi connectivity index (χ1) is 33.6. The van der Waals surface area contributed by atoms with Gasteiger partial charge in [0, 0.05) is 25.4 Å². The molecule has 12 nitrogen and oxygen atoms in total. The van der Waals surface area contributed by atoms with E-state index in [1.54, 1.807) is 0 Å². The van der Waals surface area contributed by atoms with Gasteiger partial charge in [0.25, 0.3) is 0 Å². The zero-order valence-corrected chi connectivity index (χ0v) is 50.4. The summed E-state index contributed by atoms with van der Waals surface area (Å²) >= 11 is 0. The number of carbonyl (C=O) groups is 4. The van der Waals surface area contributed by atoms with Crippen molar-refractivity contribution >= 4 is 57.1 Å². The Morgan fingerprint density at radius 1 is 0.437 bits per heavy atom. The topological polar surface area (TPSA) is 142 Å². The monoisotopic (exact) mass is 1070 g/mol. The first-order valence-electron chi connectivity index (χ1n) is 28.2. The second-order valence-electron chi connectivity index (χ2n) is 23.7.